The van der Waals surface area contributed by atoms with Gasteiger partial charge in [0.2, 0.25) is 17.7 Å². The van der Waals surface area contributed by atoms with E-state index in [2.05, 4.69) is 45.3 Å². The zero-order valence-electron chi connectivity index (χ0n) is 33.7. The lowest BCUT2D eigenvalue weighted by Crippen LogP contribution is -2.51. The predicted octanol–water partition coefficient (Wildman–Crippen LogP) is 5.93. The SMILES string of the molecule is COC(=O)C[C@H](C(=O)N1CCC[C@H]1C1=NC=C(c2ccc3c(c2)-n2ccc4cc(-c5cnc([C@@H]6CCCN6C(=O)[C@@H](NC(=O)CO)C(C)C)[nH]5)cc(c42)O3)C1)C(C)C. The van der Waals surface area contributed by atoms with Crippen LogP contribution in [0.3, 0.4) is 0 Å². The molecule has 58 heavy (non-hydrogen) atoms. The second kappa shape index (κ2) is 15.9. The number of rotatable bonds is 12. The monoisotopic (exact) mass is 789 g/mol. The Kier molecular flexibility index (Phi) is 10.7. The minimum atomic E-state index is -0.741. The fourth-order valence-corrected chi connectivity index (χ4v) is 8.96. The average Bonchev–Trinajstić information content (AvgIpc) is 4.07. The molecule has 14 heteroatoms. The van der Waals surface area contributed by atoms with Crippen LogP contribution in [0, 0.1) is 17.8 Å². The molecule has 0 radical (unpaired) electrons. The van der Waals surface area contributed by atoms with Crippen molar-refractivity contribution in [1.29, 1.82) is 0 Å². The van der Waals surface area contributed by atoms with Gasteiger partial charge in [0.1, 0.15) is 18.5 Å². The van der Waals surface area contributed by atoms with Gasteiger partial charge < -0.3 is 39.2 Å². The first-order valence-corrected chi connectivity index (χ1v) is 20.3. The lowest BCUT2D eigenvalue weighted by molar-refractivity contribution is -0.148. The largest absolute Gasteiger partial charge is 0.469 e. The molecule has 0 saturated carbocycles. The molecule has 304 valence electrons. The molecular formula is C44H51N7O7. The van der Waals surface area contributed by atoms with Crippen LogP contribution < -0.4 is 10.1 Å². The number of carbonyl (C=O) groups excluding carboxylic acids is 4. The summed E-state index contributed by atoms with van der Waals surface area (Å²) in [5.41, 5.74) is 6.65. The fourth-order valence-electron chi connectivity index (χ4n) is 8.96. The van der Waals surface area contributed by atoms with E-state index in [0.29, 0.717) is 25.3 Å². The van der Waals surface area contributed by atoms with Gasteiger partial charge in [-0.3, -0.25) is 24.2 Å². The van der Waals surface area contributed by atoms with Crippen LogP contribution in [0.2, 0.25) is 0 Å². The minimum Gasteiger partial charge on any atom is -0.469 e. The van der Waals surface area contributed by atoms with Gasteiger partial charge in [-0.15, -0.1) is 0 Å². The number of aliphatic hydroxyl groups excluding tert-OH is 1. The van der Waals surface area contributed by atoms with Gasteiger partial charge in [-0.25, -0.2) is 4.98 Å². The first-order chi connectivity index (χ1) is 27.9. The van der Waals surface area contributed by atoms with E-state index in [4.69, 9.17) is 19.5 Å². The second-order valence-electron chi connectivity index (χ2n) is 16.5. The van der Waals surface area contributed by atoms with Crippen molar-refractivity contribution in [1.82, 2.24) is 29.7 Å². The standard InChI is InChI=1S/C44H51N7O7/c1-24(2)30(20-39(54)57-5)43(55)50-13-6-8-33(50)31-17-29(21-45-31)26-10-11-36-35(18-26)49-15-12-27-16-28(19-37(58-36)41(27)49)32-22-46-42(47-32)34-9-7-14-51(34)44(56)40(25(3)4)48-38(53)23-52/h10-12,15-16,18-19,21-22,24-25,30,33-34,40,52H,6-9,13-14,17,20,23H2,1-5H3,(H,46,47)(H,48,53)/t30-,33-,34-,40-/m0/s1. The van der Waals surface area contributed by atoms with Crippen LogP contribution >= 0.6 is 0 Å². The van der Waals surface area contributed by atoms with E-state index >= 15 is 0 Å². The van der Waals surface area contributed by atoms with Crippen LogP contribution in [-0.2, 0) is 23.9 Å². The Labute approximate surface area is 337 Å². The van der Waals surface area contributed by atoms with Gasteiger partial charge in [0.15, 0.2) is 11.5 Å². The zero-order valence-corrected chi connectivity index (χ0v) is 33.7. The summed E-state index contributed by atoms with van der Waals surface area (Å²) in [6, 6.07) is 11.3. The molecule has 2 saturated heterocycles. The number of nitrogens with zero attached hydrogens (tertiary/aromatic N) is 5. The Morgan fingerprint density at radius 3 is 2.43 bits per heavy atom. The number of fused-ring (bicyclic) bond motifs is 2. The number of ether oxygens (including phenoxy) is 2. The molecule has 2 fully saturated rings. The molecule has 14 nitrogen and oxygen atoms in total. The third-order valence-electron chi connectivity index (χ3n) is 12.1. The van der Waals surface area contributed by atoms with Crippen LogP contribution in [0.15, 0.2) is 60.0 Å². The highest BCUT2D eigenvalue weighted by molar-refractivity contribution is 6.04. The zero-order chi connectivity index (χ0) is 40.8. The second-order valence-corrected chi connectivity index (χ2v) is 16.5. The molecule has 3 N–H and O–H groups in total. The molecule has 3 amide bonds. The Bertz CT molecular complexity index is 2340. The number of hydrogen-bond donors (Lipinski definition) is 3. The number of methoxy groups -OCH3 is 1. The molecule has 0 bridgehead atoms. The van der Waals surface area contributed by atoms with E-state index in [1.54, 1.807) is 11.1 Å². The van der Waals surface area contributed by atoms with Crippen LogP contribution in [0.4, 0.5) is 0 Å². The maximum absolute atomic E-state index is 13.7. The Morgan fingerprint density at radius 2 is 1.71 bits per heavy atom. The number of H-pyrrole nitrogens is 1. The van der Waals surface area contributed by atoms with Crippen LogP contribution in [0.25, 0.3) is 33.4 Å². The molecular weight excluding hydrogens is 739 g/mol. The average molecular weight is 790 g/mol. The van der Waals surface area contributed by atoms with E-state index in [1.807, 2.05) is 50.9 Å². The van der Waals surface area contributed by atoms with Crippen molar-refractivity contribution in [2.24, 2.45) is 22.7 Å². The highest BCUT2D eigenvalue weighted by Gasteiger charge is 2.40. The van der Waals surface area contributed by atoms with Crippen LogP contribution in [-0.4, -0.2) is 97.7 Å². The number of aliphatic imine (C=N–C) groups is 1. The molecule has 2 aromatic carbocycles. The van der Waals surface area contributed by atoms with E-state index in [1.165, 1.54) is 7.11 Å². The summed E-state index contributed by atoms with van der Waals surface area (Å²) in [6.07, 6.45) is 9.76. The number of imidazole rings is 1. The number of carbonyl (C=O) groups is 4. The predicted molar refractivity (Wildman–Crippen MR) is 218 cm³/mol. The number of likely N-dealkylation sites (tertiary alicyclic amines) is 2. The van der Waals surface area contributed by atoms with Crippen molar-refractivity contribution in [2.75, 3.05) is 26.8 Å². The maximum atomic E-state index is 13.7. The molecule has 4 aliphatic rings. The smallest absolute Gasteiger partial charge is 0.306 e. The molecule has 4 atom stereocenters. The Hall–Kier alpha value is -5.76. The normalized spacial score (nSPS) is 19.6. The van der Waals surface area contributed by atoms with Gasteiger partial charge >= 0.3 is 5.97 Å². The highest BCUT2D eigenvalue weighted by atomic mass is 16.5. The maximum Gasteiger partial charge on any atom is 0.306 e. The number of allylic oxidation sites excluding steroid dienone is 1. The van der Waals surface area contributed by atoms with Crippen LogP contribution in [0.1, 0.15) is 83.6 Å². The van der Waals surface area contributed by atoms with E-state index in [-0.39, 0.29) is 48.1 Å². The summed E-state index contributed by atoms with van der Waals surface area (Å²) < 4.78 is 13.6. The number of aromatic amines is 1. The first kappa shape index (κ1) is 39.1. The lowest BCUT2D eigenvalue weighted by atomic mass is 9.90. The molecule has 2 aromatic heterocycles. The first-order valence-electron chi connectivity index (χ1n) is 20.3. The summed E-state index contributed by atoms with van der Waals surface area (Å²) in [5.74, 6) is 0.408. The topological polar surface area (TPSA) is 171 Å². The van der Waals surface area contributed by atoms with Gasteiger partial charge in [-0.1, -0.05) is 33.8 Å². The number of hydrogen-bond acceptors (Lipinski definition) is 9. The molecule has 4 aromatic rings. The number of amides is 3. The van der Waals surface area contributed by atoms with Gasteiger partial charge in [0.05, 0.1) is 54.6 Å². The lowest BCUT2D eigenvalue weighted by Gasteiger charge is -2.30. The molecule has 4 aliphatic heterocycles. The number of aliphatic hydroxyl groups is 1. The van der Waals surface area contributed by atoms with Crippen molar-refractivity contribution in [3.63, 3.8) is 0 Å². The van der Waals surface area contributed by atoms with E-state index < -0.39 is 24.5 Å². The van der Waals surface area contributed by atoms with Crippen LogP contribution in [0.5, 0.6) is 11.5 Å². The third-order valence-corrected chi connectivity index (χ3v) is 12.1. The van der Waals surface area contributed by atoms with E-state index in [9.17, 15) is 24.3 Å². The Balaban J connectivity index is 0.984. The minimum absolute atomic E-state index is 0.00622. The number of esters is 1. The highest BCUT2D eigenvalue weighted by Crippen LogP contribution is 2.45. The van der Waals surface area contributed by atoms with Gasteiger partial charge in [-0.2, -0.15) is 0 Å². The molecule has 0 spiro atoms. The number of benzene rings is 2. The van der Waals surface area contributed by atoms with E-state index in [0.717, 1.165) is 81.9 Å². The van der Waals surface area contributed by atoms with Gasteiger partial charge in [-0.05, 0) is 79.0 Å². The van der Waals surface area contributed by atoms with Gasteiger partial charge in [0.25, 0.3) is 0 Å². The van der Waals surface area contributed by atoms with Crippen molar-refractivity contribution < 1.29 is 33.8 Å². The summed E-state index contributed by atoms with van der Waals surface area (Å²) in [7, 11) is 1.36. The third kappa shape index (κ3) is 7.18. The van der Waals surface area contributed by atoms with Crippen molar-refractivity contribution in [2.45, 2.75) is 84.3 Å². The molecule has 0 unspecified atom stereocenters. The fraction of sp³-hybridized carbons (Fsp3) is 0.455. The summed E-state index contributed by atoms with van der Waals surface area (Å²) in [6.45, 7) is 8.23. The summed E-state index contributed by atoms with van der Waals surface area (Å²) in [4.78, 5) is 68.3. The summed E-state index contributed by atoms with van der Waals surface area (Å²) in [5, 5.41) is 13.0. The Morgan fingerprint density at radius 1 is 0.948 bits per heavy atom. The molecule has 0 aliphatic carbocycles. The number of aromatic nitrogens is 3. The quantitative estimate of drug-likeness (QED) is 0.131. The van der Waals surface area contributed by atoms with Crippen molar-refractivity contribution >= 4 is 45.9 Å². The van der Waals surface area contributed by atoms with Gasteiger partial charge in [0, 0.05) is 48.6 Å². The number of nitrogens with one attached hydrogen (secondary N) is 2. The van der Waals surface area contributed by atoms with Crippen molar-refractivity contribution in [3.8, 4) is 28.4 Å². The summed E-state index contributed by atoms with van der Waals surface area (Å²) >= 11 is 0. The van der Waals surface area contributed by atoms with Crippen molar-refractivity contribution in [3.05, 3.63) is 66.4 Å². The molecule has 6 heterocycles. The molecule has 8 rings (SSSR count).